The summed E-state index contributed by atoms with van der Waals surface area (Å²) in [4.78, 5) is 0.667. The molecule has 0 heterocycles. The molecule has 0 unspecified atom stereocenters. The number of aryl methyl sites for hydroxylation is 2. The Morgan fingerprint density at radius 1 is 0.842 bits per heavy atom. The summed E-state index contributed by atoms with van der Waals surface area (Å²) in [6.45, 7) is 4.19. The normalized spacial score (nSPS) is 11.6. The predicted molar refractivity (Wildman–Crippen MR) is 77.0 cm³/mol. The average molecular weight is 254 g/mol. The predicted octanol–water partition coefficient (Wildman–Crippen LogP) is 4.74. The van der Waals surface area contributed by atoms with Crippen molar-refractivity contribution >= 4 is 11.4 Å². The van der Waals surface area contributed by atoms with E-state index in [0.29, 0.717) is 16.2 Å². The van der Waals surface area contributed by atoms with Crippen molar-refractivity contribution in [1.82, 2.24) is 0 Å². The molecule has 0 fully saturated rings. The average Bonchev–Trinajstić information content (AvgIpc) is 2.48. The lowest BCUT2D eigenvalue weighted by Crippen LogP contribution is -1.91. The Morgan fingerprint density at radius 3 is 1.79 bits per heavy atom. The fourth-order valence-electron chi connectivity index (χ4n) is 1.82. The molecule has 0 saturated carbocycles. The van der Waals surface area contributed by atoms with E-state index in [-0.39, 0.29) is 0 Å². The molecule has 3 nitrogen and oxygen atoms in total. The summed E-state index contributed by atoms with van der Waals surface area (Å²) in [6, 6.07) is 15.2. The van der Waals surface area contributed by atoms with Gasteiger partial charge >= 0.3 is 0 Å². The van der Waals surface area contributed by atoms with Gasteiger partial charge in [0.1, 0.15) is 5.69 Å². The van der Waals surface area contributed by atoms with Crippen LogP contribution in [0.5, 0.6) is 0 Å². The molecule has 0 aliphatic carbocycles. The highest BCUT2D eigenvalue weighted by Crippen LogP contribution is 2.18. The zero-order valence-corrected chi connectivity index (χ0v) is 11.3. The largest absolute Gasteiger partial charge is 0.594 e. The van der Waals surface area contributed by atoms with Gasteiger partial charge in [-0.1, -0.05) is 43.0 Å². The molecular formula is C16H18N2O. The van der Waals surface area contributed by atoms with Gasteiger partial charge in [0.25, 0.3) is 0 Å². The van der Waals surface area contributed by atoms with Crippen LogP contribution in [0.15, 0.2) is 53.6 Å². The molecule has 2 aromatic carbocycles. The summed E-state index contributed by atoms with van der Waals surface area (Å²) in [7, 11) is 0. The second-order valence-electron chi connectivity index (χ2n) is 4.41. The molecule has 0 spiro atoms. The molecule has 0 aliphatic rings. The SMILES string of the molecule is CCc1ccc(N=[N+]([O-])c2ccc(CC)cc2)cc1. The van der Waals surface area contributed by atoms with Crippen LogP contribution in [0.3, 0.4) is 0 Å². The van der Waals surface area contributed by atoms with Gasteiger partial charge in [-0.3, -0.25) is 0 Å². The Labute approximate surface area is 113 Å². The van der Waals surface area contributed by atoms with Crippen LogP contribution < -0.4 is 0 Å². The van der Waals surface area contributed by atoms with Gasteiger partial charge in [0, 0.05) is 17.2 Å². The molecular weight excluding hydrogens is 236 g/mol. The van der Waals surface area contributed by atoms with Crippen LogP contribution in [0.1, 0.15) is 25.0 Å². The fraction of sp³-hybridized carbons (Fsp3) is 0.250. The Hall–Kier alpha value is -2.16. The van der Waals surface area contributed by atoms with Crippen LogP contribution in [0.25, 0.3) is 0 Å². The van der Waals surface area contributed by atoms with Crippen LogP contribution in [0, 0.1) is 5.21 Å². The lowest BCUT2D eigenvalue weighted by atomic mass is 10.1. The molecule has 0 aromatic heterocycles. The number of rotatable bonds is 4. The smallest absolute Gasteiger partial charge is 0.244 e. The molecule has 0 atom stereocenters. The van der Waals surface area contributed by atoms with E-state index in [1.165, 1.54) is 11.1 Å². The Bertz CT molecular complexity index is 556. The van der Waals surface area contributed by atoms with Crippen LogP contribution >= 0.6 is 0 Å². The Balaban J connectivity index is 2.20. The fourth-order valence-corrected chi connectivity index (χ4v) is 1.82. The highest BCUT2D eigenvalue weighted by molar-refractivity contribution is 5.38. The minimum Gasteiger partial charge on any atom is -0.594 e. The molecule has 2 rings (SSSR count). The molecule has 98 valence electrons. The van der Waals surface area contributed by atoms with E-state index in [9.17, 15) is 5.21 Å². The number of nitrogens with zero attached hydrogens (tertiary/aromatic N) is 2. The number of azo groups is 1. The second kappa shape index (κ2) is 6.14. The standard InChI is InChI=1S/C16H18N2O/c1-3-13-5-9-15(10-6-13)17-18(19)16-11-7-14(4-2)8-12-16/h5-12H,3-4H2,1-2H3. The first-order valence-electron chi connectivity index (χ1n) is 6.59. The number of hydrogen-bond acceptors (Lipinski definition) is 2. The van der Waals surface area contributed by atoms with Gasteiger partial charge in [0.2, 0.25) is 5.69 Å². The van der Waals surface area contributed by atoms with Gasteiger partial charge in [-0.25, -0.2) is 0 Å². The molecule has 0 N–H and O–H groups in total. The zero-order valence-electron chi connectivity index (χ0n) is 11.3. The molecule has 3 heteroatoms. The molecule has 0 radical (unpaired) electrons. The van der Waals surface area contributed by atoms with Gasteiger partial charge in [-0.15, -0.1) is 0 Å². The summed E-state index contributed by atoms with van der Waals surface area (Å²) >= 11 is 0. The minimum atomic E-state index is 0.553. The summed E-state index contributed by atoms with van der Waals surface area (Å²) in [5, 5.41) is 16.0. The monoisotopic (exact) mass is 254 g/mol. The first-order chi connectivity index (χ1) is 9.22. The van der Waals surface area contributed by atoms with E-state index in [0.717, 1.165) is 12.8 Å². The van der Waals surface area contributed by atoms with Crippen LogP contribution in [-0.4, -0.2) is 4.86 Å². The van der Waals surface area contributed by atoms with Crippen molar-refractivity contribution in [2.45, 2.75) is 26.7 Å². The first-order valence-corrected chi connectivity index (χ1v) is 6.59. The van der Waals surface area contributed by atoms with E-state index in [4.69, 9.17) is 0 Å². The van der Waals surface area contributed by atoms with Gasteiger partial charge < -0.3 is 5.21 Å². The molecule has 19 heavy (non-hydrogen) atoms. The van der Waals surface area contributed by atoms with Crippen molar-refractivity contribution in [3.63, 3.8) is 0 Å². The maximum atomic E-state index is 11.9. The minimum absolute atomic E-state index is 0.553. The highest BCUT2D eigenvalue weighted by Gasteiger charge is 2.03. The topological polar surface area (TPSA) is 38.4 Å². The van der Waals surface area contributed by atoms with E-state index < -0.39 is 0 Å². The lowest BCUT2D eigenvalue weighted by Gasteiger charge is -2.01. The van der Waals surface area contributed by atoms with Crippen LogP contribution in [0.2, 0.25) is 0 Å². The van der Waals surface area contributed by atoms with Gasteiger partial charge in [-0.2, -0.15) is 0 Å². The number of hydrogen-bond donors (Lipinski definition) is 0. The van der Waals surface area contributed by atoms with E-state index in [1.54, 1.807) is 12.1 Å². The molecule has 2 aromatic rings. The Kier molecular flexibility index (Phi) is 4.29. The quantitative estimate of drug-likeness (QED) is 0.441. The first kappa shape index (κ1) is 13.3. The summed E-state index contributed by atoms with van der Waals surface area (Å²) < 4.78 is 0. The third kappa shape index (κ3) is 3.41. The van der Waals surface area contributed by atoms with E-state index >= 15 is 0 Å². The van der Waals surface area contributed by atoms with E-state index in [2.05, 4.69) is 19.0 Å². The van der Waals surface area contributed by atoms with Crippen molar-refractivity contribution in [3.8, 4) is 0 Å². The van der Waals surface area contributed by atoms with Crippen molar-refractivity contribution in [1.29, 1.82) is 0 Å². The van der Waals surface area contributed by atoms with Crippen molar-refractivity contribution in [3.05, 3.63) is 64.9 Å². The summed E-state index contributed by atoms with van der Waals surface area (Å²) in [5.74, 6) is 0. The van der Waals surface area contributed by atoms with E-state index in [1.807, 2.05) is 36.4 Å². The molecule has 0 bridgehead atoms. The molecule has 0 amide bonds. The number of benzene rings is 2. The highest BCUT2D eigenvalue weighted by atomic mass is 16.5. The van der Waals surface area contributed by atoms with Crippen LogP contribution in [-0.2, 0) is 12.8 Å². The third-order valence-electron chi connectivity index (χ3n) is 3.12. The van der Waals surface area contributed by atoms with Crippen LogP contribution in [0.4, 0.5) is 11.4 Å². The lowest BCUT2D eigenvalue weighted by molar-refractivity contribution is -0.435. The maximum Gasteiger partial charge on any atom is 0.244 e. The zero-order chi connectivity index (χ0) is 13.7. The molecule has 0 aliphatic heterocycles. The van der Waals surface area contributed by atoms with Gasteiger partial charge in [0.15, 0.2) is 0 Å². The van der Waals surface area contributed by atoms with Gasteiger partial charge in [0.05, 0.1) is 0 Å². The maximum absolute atomic E-state index is 11.9. The molecule has 0 saturated heterocycles. The third-order valence-corrected chi connectivity index (χ3v) is 3.12. The van der Waals surface area contributed by atoms with Gasteiger partial charge in [-0.05, 0) is 36.1 Å². The summed E-state index contributed by atoms with van der Waals surface area (Å²) in [5.41, 5.74) is 3.68. The van der Waals surface area contributed by atoms with Crippen molar-refractivity contribution in [2.75, 3.05) is 0 Å². The second-order valence-corrected chi connectivity index (χ2v) is 4.41. The van der Waals surface area contributed by atoms with Crippen molar-refractivity contribution in [2.24, 2.45) is 5.11 Å². The summed E-state index contributed by atoms with van der Waals surface area (Å²) in [6.07, 6.45) is 1.95. The van der Waals surface area contributed by atoms with Crippen molar-refractivity contribution < 1.29 is 4.86 Å². The Morgan fingerprint density at radius 2 is 1.32 bits per heavy atom.